The van der Waals surface area contributed by atoms with Crippen molar-refractivity contribution in [3.63, 3.8) is 0 Å². The van der Waals surface area contributed by atoms with E-state index in [4.69, 9.17) is 0 Å². The van der Waals surface area contributed by atoms with E-state index in [1.165, 1.54) is 6.20 Å². The van der Waals surface area contributed by atoms with Gasteiger partial charge in [-0.2, -0.15) is 15.2 Å². The minimum atomic E-state index is -0.524. The van der Waals surface area contributed by atoms with E-state index < -0.39 is 5.69 Å². The minimum Gasteiger partial charge on any atom is -0.265 e. The lowest BCUT2D eigenvalue weighted by molar-refractivity contribution is 0.913. The molecule has 0 saturated carbocycles. The average Bonchev–Trinajstić information content (AvgIpc) is 2.30. The summed E-state index contributed by atoms with van der Waals surface area (Å²) >= 11 is 0. The lowest BCUT2D eigenvalue weighted by Crippen LogP contribution is -2.13. The lowest BCUT2D eigenvalue weighted by atomic mass is 10.3. The SMILES string of the molecule is O=c1nc(N/N=C/c2ccncc2)cn[nH]1. The van der Waals surface area contributed by atoms with Gasteiger partial charge in [-0.05, 0) is 17.7 Å². The van der Waals surface area contributed by atoms with Crippen molar-refractivity contribution in [2.24, 2.45) is 5.10 Å². The number of rotatable bonds is 3. The van der Waals surface area contributed by atoms with Crippen molar-refractivity contribution in [2.45, 2.75) is 0 Å². The second kappa shape index (κ2) is 4.78. The maximum absolute atomic E-state index is 10.8. The summed E-state index contributed by atoms with van der Waals surface area (Å²) in [6.45, 7) is 0. The number of aromatic amines is 1. The van der Waals surface area contributed by atoms with Gasteiger partial charge in [0.1, 0.15) is 0 Å². The molecule has 7 nitrogen and oxygen atoms in total. The molecular weight excluding hydrogens is 208 g/mol. The van der Waals surface area contributed by atoms with Crippen LogP contribution in [-0.2, 0) is 0 Å². The molecule has 0 saturated heterocycles. The zero-order chi connectivity index (χ0) is 11.2. The van der Waals surface area contributed by atoms with Gasteiger partial charge in [-0.15, -0.1) is 0 Å². The summed E-state index contributed by atoms with van der Waals surface area (Å²) in [4.78, 5) is 18.3. The van der Waals surface area contributed by atoms with Crippen molar-refractivity contribution in [3.8, 4) is 0 Å². The largest absolute Gasteiger partial charge is 0.363 e. The maximum Gasteiger partial charge on any atom is 0.363 e. The summed E-state index contributed by atoms with van der Waals surface area (Å²) in [5.41, 5.74) is 2.95. The van der Waals surface area contributed by atoms with Gasteiger partial charge in [-0.1, -0.05) is 0 Å². The first kappa shape index (κ1) is 9.97. The van der Waals surface area contributed by atoms with E-state index in [0.717, 1.165) is 5.56 Å². The van der Waals surface area contributed by atoms with Crippen LogP contribution in [0.3, 0.4) is 0 Å². The normalized spacial score (nSPS) is 10.5. The quantitative estimate of drug-likeness (QED) is 0.556. The number of hydrazone groups is 1. The number of hydrogen-bond acceptors (Lipinski definition) is 6. The second-order valence-corrected chi connectivity index (χ2v) is 2.82. The molecule has 0 atom stereocenters. The summed E-state index contributed by atoms with van der Waals surface area (Å²) in [5.74, 6) is 0.286. The number of H-pyrrole nitrogens is 1. The van der Waals surface area contributed by atoms with Gasteiger partial charge in [0, 0.05) is 12.4 Å². The standard InChI is InChI=1S/C9H8N6O/c16-9-13-8(6-12-15-9)14-11-5-7-1-3-10-4-2-7/h1-6H,(H2,13,14,15,16)/b11-5+. The Morgan fingerprint density at radius 1 is 1.38 bits per heavy atom. The van der Waals surface area contributed by atoms with E-state index in [0.29, 0.717) is 0 Å². The lowest BCUT2D eigenvalue weighted by Gasteiger charge is -1.95. The van der Waals surface area contributed by atoms with Gasteiger partial charge in [0.25, 0.3) is 0 Å². The Balaban J connectivity index is 2.03. The van der Waals surface area contributed by atoms with Gasteiger partial charge in [-0.25, -0.2) is 9.89 Å². The van der Waals surface area contributed by atoms with Crippen LogP contribution in [0.2, 0.25) is 0 Å². The molecule has 2 aromatic heterocycles. The van der Waals surface area contributed by atoms with Gasteiger partial charge in [0.2, 0.25) is 0 Å². The summed E-state index contributed by atoms with van der Waals surface area (Å²) < 4.78 is 0. The highest BCUT2D eigenvalue weighted by Gasteiger charge is 1.91. The first-order chi connectivity index (χ1) is 7.84. The molecule has 0 aliphatic heterocycles. The Kier molecular flexibility index (Phi) is 2.98. The molecular formula is C9H8N6O. The predicted octanol–water partition coefficient (Wildman–Crippen LogP) is 0.00590. The Labute approximate surface area is 90.3 Å². The fraction of sp³-hybridized carbons (Fsp3) is 0. The Morgan fingerprint density at radius 2 is 2.19 bits per heavy atom. The van der Waals surface area contributed by atoms with Crippen LogP contribution in [0.1, 0.15) is 5.56 Å². The van der Waals surface area contributed by atoms with E-state index in [-0.39, 0.29) is 5.82 Å². The van der Waals surface area contributed by atoms with E-state index in [1.807, 2.05) is 0 Å². The summed E-state index contributed by atoms with van der Waals surface area (Å²) in [7, 11) is 0. The maximum atomic E-state index is 10.8. The van der Waals surface area contributed by atoms with Gasteiger partial charge in [-0.3, -0.25) is 10.4 Å². The van der Waals surface area contributed by atoms with Gasteiger partial charge in [0.15, 0.2) is 5.82 Å². The smallest absolute Gasteiger partial charge is 0.265 e. The minimum absolute atomic E-state index is 0.286. The van der Waals surface area contributed by atoms with Crippen molar-refractivity contribution >= 4 is 12.0 Å². The molecule has 16 heavy (non-hydrogen) atoms. The summed E-state index contributed by atoms with van der Waals surface area (Å²) in [5, 5.41) is 9.62. The molecule has 0 unspecified atom stereocenters. The fourth-order valence-corrected chi connectivity index (χ4v) is 0.988. The average molecular weight is 216 g/mol. The molecule has 0 aromatic carbocycles. The van der Waals surface area contributed by atoms with Crippen LogP contribution >= 0.6 is 0 Å². The van der Waals surface area contributed by atoms with Crippen molar-refractivity contribution in [1.29, 1.82) is 0 Å². The summed E-state index contributed by atoms with van der Waals surface area (Å²) in [6.07, 6.45) is 6.28. The number of pyridine rings is 1. The van der Waals surface area contributed by atoms with Crippen LogP contribution in [0.15, 0.2) is 40.6 Å². The molecule has 0 radical (unpaired) electrons. The third kappa shape index (κ3) is 2.71. The molecule has 80 valence electrons. The first-order valence-electron chi connectivity index (χ1n) is 4.45. The number of aromatic nitrogens is 4. The predicted molar refractivity (Wildman–Crippen MR) is 58.1 cm³/mol. The molecule has 0 amide bonds. The zero-order valence-electron chi connectivity index (χ0n) is 8.16. The number of nitrogens with one attached hydrogen (secondary N) is 2. The third-order valence-electron chi connectivity index (χ3n) is 1.67. The molecule has 0 aliphatic carbocycles. The van der Waals surface area contributed by atoms with Crippen molar-refractivity contribution in [1.82, 2.24) is 20.2 Å². The highest BCUT2D eigenvalue weighted by molar-refractivity contribution is 5.79. The monoisotopic (exact) mass is 216 g/mol. The Hall–Kier alpha value is -2.57. The number of anilines is 1. The molecule has 2 rings (SSSR count). The first-order valence-corrected chi connectivity index (χ1v) is 4.45. The van der Waals surface area contributed by atoms with Crippen LogP contribution in [0.5, 0.6) is 0 Å². The molecule has 2 aromatic rings. The van der Waals surface area contributed by atoms with Gasteiger partial charge in [0.05, 0.1) is 12.4 Å². The molecule has 2 N–H and O–H groups in total. The van der Waals surface area contributed by atoms with E-state index in [1.54, 1.807) is 30.7 Å². The van der Waals surface area contributed by atoms with Crippen LogP contribution in [-0.4, -0.2) is 26.4 Å². The molecule has 7 heteroatoms. The van der Waals surface area contributed by atoms with Crippen molar-refractivity contribution < 1.29 is 0 Å². The van der Waals surface area contributed by atoms with Crippen LogP contribution in [0.25, 0.3) is 0 Å². The molecule has 0 fully saturated rings. The van der Waals surface area contributed by atoms with Crippen molar-refractivity contribution in [3.05, 3.63) is 46.8 Å². The second-order valence-electron chi connectivity index (χ2n) is 2.82. The van der Waals surface area contributed by atoms with E-state index in [2.05, 4.69) is 30.7 Å². The van der Waals surface area contributed by atoms with Crippen LogP contribution < -0.4 is 11.1 Å². The number of hydrogen-bond donors (Lipinski definition) is 2. The molecule has 0 aliphatic rings. The van der Waals surface area contributed by atoms with E-state index in [9.17, 15) is 4.79 Å². The highest BCUT2D eigenvalue weighted by Crippen LogP contribution is 1.94. The zero-order valence-corrected chi connectivity index (χ0v) is 8.16. The van der Waals surface area contributed by atoms with Gasteiger partial charge >= 0.3 is 5.69 Å². The number of nitrogens with zero attached hydrogens (tertiary/aromatic N) is 4. The molecule has 0 spiro atoms. The topological polar surface area (TPSA) is 95.9 Å². The van der Waals surface area contributed by atoms with Crippen LogP contribution in [0, 0.1) is 0 Å². The summed E-state index contributed by atoms with van der Waals surface area (Å²) in [6, 6.07) is 3.60. The Morgan fingerprint density at radius 3 is 2.94 bits per heavy atom. The van der Waals surface area contributed by atoms with Crippen LogP contribution in [0.4, 0.5) is 5.82 Å². The highest BCUT2D eigenvalue weighted by atomic mass is 16.1. The third-order valence-corrected chi connectivity index (χ3v) is 1.67. The van der Waals surface area contributed by atoms with Crippen molar-refractivity contribution in [2.75, 3.05) is 5.43 Å². The Bertz CT molecular complexity index is 535. The fourth-order valence-electron chi connectivity index (χ4n) is 0.988. The molecule has 2 heterocycles. The van der Waals surface area contributed by atoms with Gasteiger partial charge < -0.3 is 0 Å². The van der Waals surface area contributed by atoms with E-state index >= 15 is 0 Å². The molecule has 0 bridgehead atoms.